The summed E-state index contributed by atoms with van der Waals surface area (Å²) in [4.78, 5) is 0. The van der Waals surface area contributed by atoms with Gasteiger partial charge in [-0.15, -0.1) is 0 Å². The Morgan fingerprint density at radius 3 is 2.62 bits per heavy atom. The third-order valence-electron chi connectivity index (χ3n) is 3.26. The molecule has 0 amide bonds. The molecule has 1 aromatic heterocycles. The second-order valence-corrected chi connectivity index (χ2v) is 6.67. The zero-order valence-electron chi connectivity index (χ0n) is 9.60. The summed E-state index contributed by atoms with van der Waals surface area (Å²) in [6.45, 7) is 1.84. The van der Waals surface area contributed by atoms with Gasteiger partial charge >= 0.3 is 0 Å². The fourth-order valence-electron chi connectivity index (χ4n) is 2.23. The summed E-state index contributed by atoms with van der Waals surface area (Å²) in [5, 5.41) is 3.79. The number of rotatable bonds is 1. The molecule has 1 aliphatic heterocycles. The van der Waals surface area contributed by atoms with Crippen LogP contribution in [0, 0.1) is 6.92 Å². The highest BCUT2D eigenvalue weighted by Crippen LogP contribution is 2.35. The lowest BCUT2D eigenvalue weighted by molar-refractivity contribution is 0.539. The summed E-state index contributed by atoms with van der Waals surface area (Å²) in [5.74, 6) is 0.823. The van der Waals surface area contributed by atoms with Gasteiger partial charge in [-0.3, -0.25) is 4.68 Å². The number of hydrogen-bond acceptors (Lipinski definition) is 4. The van der Waals surface area contributed by atoms with Crippen LogP contribution in [-0.4, -0.2) is 24.0 Å². The molecule has 0 saturated carbocycles. The van der Waals surface area contributed by atoms with Crippen molar-refractivity contribution in [3.8, 4) is 0 Å². The minimum atomic E-state index is -3.03. The molecule has 0 spiro atoms. The first-order valence-electron chi connectivity index (χ1n) is 5.44. The van der Waals surface area contributed by atoms with Crippen molar-refractivity contribution >= 4 is 15.7 Å². The van der Waals surface area contributed by atoms with Crippen LogP contribution in [0.15, 0.2) is 0 Å². The van der Waals surface area contributed by atoms with Gasteiger partial charge in [0.05, 0.1) is 11.4 Å². The largest absolute Gasteiger partial charge is 0.384 e. The van der Waals surface area contributed by atoms with E-state index in [4.69, 9.17) is 5.73 Å². The van der Waals surface area contributed by atoms with Crippen LogP contribution in [0.2, 0.25) is 0 Å². The molecule has 0 aromatic carbocycles. The van der Waals surface area contributed by atoms with Crippen LogP contribution in [0.3, 0.4) is 0 Å². The fraction of sp³-hybridized carbons (Fsp3) is 0.700. The first-order chi connectivity index (χ1) is 7.43. The van der Waals surface area contributed by atoms with Crippen molar-refractivity contribution < 1.29 is 8.42 Å². The third kappa shape index (κ3) is 1.71. The Morgan fingerprint density at radius 1 is 1.44 bits per heavy atom. The number of anilines is 1. The molecule has 0 bridgehead atoms. The zero-order chi connectivity index (χ0) is 11.9. The van der Waals surface area contributed by atoms with Crippen molar-refractivity contribution in [3.05, 3.63) is 11.3 Å². The van der Waals surface area contributed by atoms with E-state index in [9.17, 15) is 8.42 Å². The molecule has 0 radical (unpaired) electrons. The van der Waals surface area contributed by atoms with Crippen LogP contribution in [0.25, 0.3) is 0 Å². The summed E-state index contributed by atoms with van der Waals surface area (Å²) < 4.78 is 25.5. The van der Waals surface area contributed by atoms with E-state index in [0.29, 0.717) is 17.9 Å². The van der Waals surface area contributed by atoms with Crippen LogP contribution < -0.4 is 5.73 Å². The van der Waals surface area contributed by atoms with Gasteiger partial charge in [0.1, 0.15) is 11.1 Å². The fourth-order valence-corrected chi connectivity index (χ4v) is 4.21. The van der Waals surface area contributed by atoms with Gasteiger partial charge in [0, 0.05) is 12.6 Å². The SMILES string of the molecule is Cc1c(C2CCCCS2(=O)=O)nn(C)c1N. The summed E-state index contributed by atoms with van der Waals surface area (Å²) in [6.07, 6.45) is 2.37. The first kappa shape index (κ1) is 11.4. The van der Waals surface area contributed by atoms with Crippen LogP contribution in [-0.2, 0) is 16.9 Å². The smallest absolute Gasteiger partial charge is 0.158 e. The minimum absolute atomic E-state index is 0.271. The molecule has 2 rings (SSSR count). The van der Waals surface area contributed by atoms with E-state index in [-0.39, 0.29) is 5.75 Å². The van der Waals surface area contributed by atoms with Crippen molar-refractivity contribution in [2.45, 2.75) is 31.4 Å². The second-order valence-electron chi connectivity index (χ2n) is 4.37. The van der Waals surface area contributed by atoms with Crippen LogP contribution in [0.4, 0.5) is 5.82 Å². The standard InChI is InChI=1S/C10H17N3O2S/c1-7-9(12-13(2)10(7)11)8-5-3-4-6-16(8,14)15/h8H,3-6,11H2,1-2H3. The molecular formula is C10H17N3O2S. The lowest BCUT2D eigenvalue weighted by atomic mass is 10.1. The highest BCUT2D eigenvalue weighted by Gasteiger charge is 2.33. The van der Waals surface area contributed by atoms with Crippen molar-refractivity contribution in [2.24, 2.45) is 7.05 Å². The van der Waals surface area contributed by atoms with Crippen LogP contribution in [0.5, 0.6) is 0 Å². The predicted molar refractivity (Wildman–Crippen MR) is 62.7 cm³/mol. The maximum atomic E-state index is 12.0. The van der Waals surface area contributed by atoms with E-state index >= 15 is 0 Å². The number of aryl methyl sites for hydroxylation is 1. The quantitative estimate of drug-likeness (QED) is 0.796. The van der Waals surface area contributed by atoms with Gasteiger partial charge in [-0.25, -0.2) is 8.42 Å². The van der Waals surface area contributed by atoms with Gasteiger partial charge in [-0.2, -0.15) is 5.10 Å². The van der Waals surface area contributed by atoms with E-state index in [0.717, 1.165) is 18.4 Å². The Kier molecular flexibility index (Phi) is 2.69. The molecular weight excluding hydrogens is 226 g/mol. The molecule has 1 unspecified atom stereocenters. The maximum Gasteiger partial charge on any atom is 0.158 e. The van der Waals surface area contributed by atoms with E-state index in [1.54, 1.807) is 11.7 Å². The topological polar surface area (TPSA) is 78.0 Å². The molecule has 90 valence electrons. The van der Waals surface area contributed by atoms with Gasteiger partial charge < -0.3 is 5.73 Å². The normalized spacial score (nSPS) is 24.5. The molecule has 1 aliphatic rings. The average Bonchev–Trinajstić information content (AvgIpc) is 2.46. The molecule has 1 fully saturated rings. The average molecular weight is 243 g/mol. The van der Waals surface area contributed by atoms with Crippen molar-refractivity contribution in [1.29, 1.82) is 0 Å². The Hall–Kier alpha value is -1.04. The molecule has 1 aromatic rings. The van der Waals surface area contributed by atoms with E-state index in [2.05, 4.69) is 5.10 Å². The van der Waals surface area contributed by atoms with Gasteiger partial charge in [0.25, 0.3) is 0 Å². The van der Waals surface area contributed by atoms with Crippen molar-refractivity contribution in [3.63, 3.8) is 0 Å². The van der Waals surface area contributed by atoms with Gasteiger partial charge in [-0.05, 0) is 19.8 Å². The third-order valence-corrected chi connectivity index (χ3v) is 5.44. The number of aromatic nitrogens is 2. The lowest BCUT2D eigenvalue weighted by Crippen LogP contribution is -2.22. The Bertz CT molecular complexity index is 504. The second kappa shape index (κ2) is 3.76. The highest BCUT2D eigenvalue weighted by molar-refractivity contribution is 7.91. The monoisotopic (exact) mass is 243 g/mol. The molecule has 2 N–H and O–H groups in total. The molecule has 1 atom stereocenters. The van der Waals surface area contributed by atoms with Gasteiger partial charge in [0.2, 0.25) is 0 Å². The maximum absolute atomic E-state index is 12.0. The number of hydrogen-bond donors (Lipinski definition) is 1. The first-order valence-corrected chi connectivity index (χ1v) is 7.15. The molecule has 16 heavy (non-hydrogen) atoms. The minimum Gasteiger partial charge on any atom is -0.384 e. The summed E-state index contributed by atoms with van der Waals surface area (Å²) >= 11 is 0. The number of nitrogens with zero attached hydrogens (tertiary/aromatic N) is 2. The van der Waals surface area contributed by atoms with Crippen LogP contribution in [0.1, 0.15) is 35.8 Å². The Labute approximate surface area is 95.6 Å². The summed E-state index contributed by atoms with van der Waals surface area (Å²) in [6, 6.07) is 0. The highest BCUT2D eigenvalue weighted by atomic mass is 32.2. The molecule has 5 nitrogen and oxygen atoms in total. The summed E-state index contributed by atoms with van der Waals surface area (Å²) in [7, 11) is -1.30. The van der Waals surface area contributed by atoms with Crippen molar-refractivity contribution in [2.75, 3.05) is 11.5 Å². The van der Waals surface area contributed by atoms with Gasteiger partial charge in [0.15, 0.2) is 9.84 Å². The van der Waals surface area contributed by atoms with Crippen molar-refractivity contribution in [1.82, 2.24) is 9.78 Å². The van der Waals surface area contributed by atoms with E-state index in [1.165, 1.54) is 0 Å². The Morgan fingerprint density at radius 2 is 2.12 bits per heavy atom. The van der Waals surface area contributed by atoms with Crippen LogP contribution >= 0.6 is 0 Å². The zero-order valence-corrected chi connectivity index (χ0v) is 10.4. The molecule has 0 aliphatic carbocycles. The van der Waals surface area contributed by atoms with E-state index in [1.807, 2.05) is 6.92 Å². The number of nitrogen functional groups attached to an aromatic ring is 1. The van der Waals surface area contributed by atoms with Gasteiger partial charge in [-0.1, -0.05) is 6.42 Å². The molecule has 2 heterocycles. The summed E-state index contributed by atoms with van der Waals surface area (Å²) in [5.41, 5.74) is 7.25. The lowest BCUT2D eigenvalue weighted by Gasteiger charge is -2.21. The number of sulfone groups is 1. The van der Waals surface area contributed by atoms with E-state index < -0.39 is 15.1 Å². The molecule has 6 heteroatoms. The Balaban J connectivity index is 2.47. The number of nitrogens with two attached hydrogens (primary N) is 1. The predicted octanol–water partition coefficient (Wildman–Crippen LogP) is 0.951. The molecule has 1 saturated heterocycles.